The molecule has 0 amide bonds. The normalized spacial score (nSPS) is 11.0. The maximum absolute atomic E-state index is 5.87. The number of rotatable bonds is 1. The molecule has 3 rings (SSSR count). The number of hydrogen-bond acceptors (Lipinski definition) is 4. The molecule has 2 N–H and O–H groups in total. The van der Waals surface area contributed by atoms with Crippen LogP contribution in [0.4, 0.5) is 5.69 Å². The average molecular weight is 239 g/mol. The highest BCUT2D eigenvalue weighted by Gasteiger charge is 2.08. The third-order valence-electron chi connectivity index (χ3n) is 2.98. The van der Waals surface area contributed by atoms with Crippen LogP contribution in [0.2, 0.25) is 0 Å². The van der Waals surface area contributed by atoms with Gasteiger partial charge in [-0.1, -0.05) is 12.1 Å². The number of benzene rings is 1. The topological polar surface area (TPSA) is 69.6 Å². The standard InChI is InChI=1S/C13H13N5/c1-8-6-7-12(15-9(8)2)18-16-11-5-3-4-10(14)13(11)17-18/h3-7H,14H2,1-2H3. The van der Waals surface area contributed by atoms with Gasteiger partial charge in [-0.05, 0) is 37.6 Å². The molecule has 0 saturated heterocycles. The molecule has 0 unspecified atom stereocenters. The van der Waals surface area contributed by atoms with Crippen molar-refractivity contribution in [2.24, 2.45) is 0 Å². The minimum atomic E-state index is 0.627. The quantitative estimate of drug-likeness (QED) is 0.659. The molecule has 18 heavy (non-hydrogen) atoms. The third kappa shape index (κ3) is 1.60. The van der Waals surface area contributed by atoms with Crippen molar-refractivity contribution in [1.29, 1.82) is 0 Å². The van der Waals surface area contributed by atoms with Gasteiger partial charge >= 0.3 is 0 Å². The lowest BCUT2D eigenvalue weighted by Gasteiger charge is -2.02. The fourth-order valence-corrected chi connectivity index (χ4v) is 1.79. The Hall–Kier alpha value is -2.43. The van der Waals surface area contributed by atoms with E-state index >= 15 is 0 Å². The van der Waals surface area contributed by atoms with E-state index in [9.17, 15) is 0 Å². The summed E-state index contributed by atoms with van der Waals surface area (Å²) in [6, 6.07) is 9.47. The van der Waals surface area contributed by atoms with Gasteiger partial charge in [0.05, 0.1) is 5.69 Å². The summed E-state index contributed by atoms with van der Waals surface area (Å²) in [5.74, 6) is 0.703. The first-order chi connectivity index (χ1) is 8.65. The number of aryl methyl sites for hydroxylation is 2. The number of pyridine rings is 1. The summed E-state index contributed by atoms with van der Waals surface area (Å²) in [5, 5.41) is 8.75. The molecule has 5 heteroatoms. The zero-order valence-electron chi connectivity index (χ0n) is 10.3. The molecule has 1 aromatic carbocycles. The summed E-state index contributed by atoms with van der Waals surface area (Å²) < 4.78 is 0. The Morgan fingerprint density at radius 1 is 1.06 bits per heavy atom. The lowest BCUT2D eigenvalue weighted by molar-refractivity contribution is 0.737. The second-order valence-electron chi connectivity index (χ2n) is 4.28. The van der Waals surface area contributed by atoms with Crippen molar-refractivity contribution in [3.63, 3.8) is 0 Å². The molecule has 0 saturated carbocycles. The molecule has 3 aromatic rings. The van der Waals surface area contributed by atoms with Crippen LogP contribution in [0.3, 0.4) is 0 Å². The molecule has 0 atom stereocenters. The van der Waals surface area contributed by atoms with Gasteiger partial charge in [0.25, 0.3) is 0 Å². The van der Waals surface area contributed by atoms with Gasteiger partial charge in [-0.25, -0.2) is 4.98 Å². The molecule has 0 bridgehead atoms. The zero-order chi connectivity index (χ0) is 12.7. The average Bonchev–Trinajstić information content (AvgIpc) is 2.78. The number of nitrogen functional groups attached to an aromatic ring is 1. The van der Waals surface area contributed by atoms with Crippen LogP contribution in [0, 0.1) is 13.8 Å². The SMILES string of the molecule is Cc1ccc(-n2nc3cccc(N)c3n2)nc1C. The second-order valence-corrected chi connectivity index (χ2v) is 4.28. The minimum absolute atomic E-state index is 0.627. The van der Waals surface area contributed by atoms with E-state index in [-0.39, 0.29) is 0 Å². The first-order valence-electron chi connectivity index (χ1n) is 5.71. The predicted molar refractivity (Wildman–Crippen MR) is 70.5 cm³/mol. The van der Waals surface area contributed by atoms with Crippen molar-refractivity contribution < 1.29 is 0 Å². The van der Waals surface area contributed by atoms with E-state index in [0.29, 0.717) is 17.0 Å². The molecule has 90 valence electrons. The molecule has 0 fully saturated rings. The van der Waals surface area contributed by atoms with Gasteiger partial charge in [0, 0.05) is 5.69 Å². The molecule has 2 heterocycles. The Balaban J connectivity index is 2.19. The monoisotopic (exact) mass is 239 g/mol. The van der Waals surface area contributed by atoms with Gasteiger partial charge in [-0.2, -0.15) is 0 Å². The van der Waals surface area contributed by atoms with Gasteiger partial charge in [-0.3, -0.25) is 0 Å². The third-order valence-corrected chi connectivity index (χ3v) is 2.98. The fourth-order valence-electron chi connectivity index (χ4n) is 1.79. The summed E-state index contributed by atoms with van der Waals surface area (Å²) in [4.78, 5) is 5.99. The Bertz CT molecular complexity index is 729. The summed E-state index contributed by atoms with van der Waals surface area (Å²) in [6.45, 7) is 3.99. The number of fused-ring (bicyclic) bond motifs is 1. The molecular formula is C13H13N5. The highest BCUT2D eigenvalue weighted by atomic mass is 15.5. The van der Waals surface area contributed by atoms with Gasteiger partial charge in [0.2, 0.25) is 0 Å². The lowest BCUT2D eigenvalue weighted by Crippen LogP contribution is -2.03. The number of hydrogen-bond donors (Lipinski definition) is 1. The summed E-state index contributed by atoms with van der Waals surface area (Å²) in [7, 11) is 0. The number of anilines is 1. The molecule has 0 radical (unpaired) electrons. The first-order valence-corrected chi connectivity index (χ1v) is 5.71. The lowest BCUT2D eigenvalue weighted by atomic mass is 10.2. The van der Waals surface area contributed by atoms with E-state index in [4.69, 9.17) is 5.73 Å². The van der Waals surface area contributed by atoms with Crippen LogP contribution in [-0.2, 0) is 0 Å². The van der Waals surface area contributed by atoms with E-state index in [0.717, 1.165) is 16.8 Å². The Morgan fingerprint density at radius 2 is 1.89 bits per heavy atom. The summed E-state index contributed by atoms with van der Waals surface area (Å²) in [6.07, 6.45) is 0. The highest BCUT2D eigenvalue weighted by molar-refractivity contribution is 5.85. The summed E-state index contributed by atoms with van der Waals surface area (Å²) in [5.41, 5.74) is 10.1. The van der Waals surface area contributed by atoms with E-state index in [1.807, 2.05) is 44.2 Å². The smallest absolute Gasteiger partial charge is 0.174 e. The maximum Gasteiger partial charge on any atom is 0.174 e. The molecule has 0 aliphatic rings. The van der Waals surface area contributed by atoms with Gasteiger partial charge in [0.1, 0.15) is 11.0 Å². The Labute approximate surface area is 104 Å². The number of aromatic nitrogens is 4. The van der Waals surface area contributed by atoms with Crippen molar-refractivity contribution in [2.45, 2.75) is 13.8 Å². The minimum Gasteiger partial charge on any atom is -0.397 e. The largest absolute Gasteiger partial charge is 0.397 e. The Morgan fingerprint density at radius 3 is 2.61 bits per heavy atom. The maximum atomic E-state index is 5.87. The number of nitrogens with zero attached hydrogens (tertiary/aromatic N) is 4. The molecule has 0 spiro atoms. The van der Waals surface area contributed by atoms with E-state index in [1.54, 1.807) is 0 Å². The van der Waals surface area contributed by atoms with E-state index in [1.165, 1.54) is 4.80 Å². The Kier molecular flexibility index (Phi) is 2.26. The number of nitrogens with two attached hydrogens (primary N) is 1. The van der Waals surface area contributed by atoms with Crippen molar-refractivity contribution in [1.82, 2.24) is 20.0 Å². The van der Waals surface area contributed by atoms with Crippen LogP contribution in [0.5, 0.6) is 0 Å². The second kappa shape index (κ2) is 3.80. The summed E-state index contributed by atoms with van der Waals surface area (Å²) >= 11 is 0. The van der Waals surface area contributed by atoms with Crippen LogP contribution >= 0.6 is 0 Å². The highest BCUT2D eigenvalue weighted by Crippen LogP contribution is 2.17. The van der Waals surface area contributed by atoms with Crippen molar-refractivity contribution in [2.75, 3.05) is 5.73 Å². The van der Waals surface area contributed by atoms with Crippen LogP contribution in [0.1, 0.15) is 11.3 Å². The molecule has 2 aromatic heterocycles. The molecule has 5 nitrogen and oxygen atoms in total. The van der Waals surface area contributed by atoms with Gasteiger partial charge in [0.15, 0.2) is 5.82 Å². The van der Waals surface area contributed by atoms with Crippen molar-refractivity contribution in [3.05, 3.63) is 41.6 Å². The van der Waals surface area contributed by atoms with Crippen LogP contribution in [-0.4, -0.2) is 20.0 Å². The van der Waals surface area contributed by atoms with E-state index < -0.39 is 0 Å². The van der Waals surface area contributed by atoms with E-state index in [2.05, 4.69) is 15.2 Å². The molecule has 0 aliphatic heterocycles. The van der Waals surface area contributed by atoms with Crippen molar-refractivity contribution in [3.8, 4) is 5.82 Å². The molecule has 0 aliphatic carbocycles. The predicted octanol–water partition coefficient (Wildman–Crippen LogP) is 2.01. The van der Waals surface area contributed by atoms with Gasteiger partial charge < -0.3 is 5.73 Å². The van der Waals surface area contributed by atoms with Crippen LogP contribution in [0.15, 0.2) is 30.3 Å². The first kappa shape index (κ1) is 10.7. The fraction of sp³-hybridized carbons (Fsp3) is 0.154. The zero-order valence-corrected chi connectivity index (χ0v) is 10.3. The van der Waals surface area contributed by atoms with Crippen LogP contribution < -0.4 is 5.73 Å². The van der Waals surface area contributed by atoms with Crippen molar-refractivity contribution >= 4 is 16.7 Å². The van der Waals surface area contributed by atoms with Gasteiger partial charge in [-0.15, -0.1) is 15.0 Å². The van der Waals surface area contributed by atoms with Crippen LogP contribution in [0.25, 0.3) is 16.9 Å². The molecular weight excluding hydrogens is 226 g/mol.